The summed E-state index contributed by atoms with van der Waals surface area (Å²) in [5, 5.41) is 17.0. The third-order valence-corrected chi connectivity index (χ3v) is 3.97. The second kappa shape index (κ2) is 8.31. The number of hydrogen-bond acceptors (Lipinski definition) is 6. The molecule has 0 radical (unpaired) electrons. The number of nitriles is 2. The molecule has 0 saturated heterocycles. The van der Waals surface area contributed by atoms with E-state index in [0.29, 0.717) is 33.8 Å². The Kier molecular flexibility index (Phi) is 5.45. The molecule has 0 amide bonds. The molecule has 0 aliphatic heterocycles. The fourth-order valence-corrected chi connectivity index (χ4v) is 2.56. The number of carbonyl (C=O) groups excluding carboxylic acids is 2. The predicted molar refractivity (Wildman–Crippen MR) is 98.7 cm³/mol. The molecular weight excluding hydrogens is 356 g/mol. The van der Waals surface area contributed by atoms with Gasteiger partial charge in [-0.05, 0) is 48.5 Å². The van der Waals surface area contributed by atoms with Gasteiger partial charge in [-0.2, -0.15) is 0 Å². The normalized spacial score (nSPS) is 9.64. The molecule has 0 N–H and O–H groups in total. The lowest BCUT2D eigenvalue weighted by Gasteiger charge is -2.05. The van der Waals surface area contributed by atoms with Gasteiger partial charge in [0.25, 0.3) is 12.5 Å². The quantitative estimate of drug-likeness (QED) is 0.484. The molecule has 0 aliphatic carbocycles. The molecule has 3 aromatic rings. The summed E-state index contributed by atoms with van der Waals surface area (Å²) in [7, 11) is 0. The minimum absolute atomic E-state index is 0.208. The molecule has 3 rings (SSSR count). The van der Waals surface area contributed by atoms with Crippen LogP contribution in [0.25, 0.3) is 0 Å². The molecule has 0 unspecified atom stereocenters. The lowest BCUT2D eigenvalue weighted by atomic mass is 9.98. The van der Waals surface area contributed by atoms with Gasteiger partial charge in [0.15, 0.2) is 11.6 Å². The van der Waals surface area contributed by atoms with Gasteiger partial charge in [0.1, 0.15) is 11.5 Å². The van der Waals surface area contributed by atoms with Crippen LogP contribution in [0.5, 0.6) is 11.5 Å². The Labute approximate surface area is 160 Å². The molecule has 0 bridgehead atoms. The van der Waals surface area contributed by atoms with Crippen LogP contribution in [0.2, 0.25) is 0 Å². The summed E-state index contributed by atoms with van der Waals surface area (Å²) in [6.45, 7) is 0. The molecule has 3 aromatic carbocycles. The molecule has 134 valence electrons. The zero-order valence-electron chi connectivity index (χ0n) is 14.5. The SMILES string of the molecule is N#COc1ccc(C(=O)c2ccc(C(=O)c3ccc(OC#N)cc3)cc2)cc1. The van der Waals surface area contributed by atoms with Crippen LogP contribution >= 0.6 is 0 Å². The van der Waals surface area contributed by atoms with E-state index in [2.05, 4.69) is 9.47 Å². The molecule has 0 spiro atoms. The lowest BCUT2D eigenvalue weighted by molar-refractivity contribution is 0.102. The van der Waals surface area contributed by atoms with E-state index in [4.69, 9.17) is 10.5 Å². The first-order valence-electron chi connectivity index (χ1n) is 8.14. The van der Waals surface area contributed by atoms with E-state index in [0.717, 1.165) is 0 Å². The van der Waals surface area contributed by atoms with Gasteiger partial charge in [-0.15, -0.1) is 10.5 Å². The van der Waals surface area contributed by atoms with Gasteiger partial charge in [0.2, 0.25) is 0 Å². The fourth-order valence-electron chi connectivity index (χ4n) is 2.56. The predicted octanol–water partition coefficient (Wildman–Crippen LogP) is 3.87. The summed E-state index contributed by atoms with van der Waals surface area (Å²) in [4.78, 5) is 25.1. The standard InChI is InChI=1S/C22H12N2O4/c23-13-27-19-9-5-17(6-10-19)21(25)15-1-2-16(4-3-15)22(26)18-7-11-20(12-8-18)28-14-24/h1-12H. The Morgan fingerprint density at radius 2 is 0.786 bits per heavy atom. The van der Waals surface area contributed by atoms with E-state index in [9.17, 15) is 9.59 Å². The highest BCUT2D eigenvalue weighted by atomic mass is 16.5. The van der Waals surface area contributed by atoms with Gasteiger partial charge in [-0.25, -0.2) is 0 Å². The van der Waals surface area contributed by atoms with Crippen molar-refractivity contribution in [2.75, 3.05) is 0 Å². The number of carbonyl (C=O) groups is 2. The van der Waals surface area contributed by atoms with Crippen LogP contribution in [0.1, 0.15) is 31.8 Å². The summed E-state index contributed by atoms with van der Waals surface area (Å²) in [6, 6.07) is 18.8. The van der Waals surface area contributed by atoms with Crippen LogP contribution in [-0.4, -0.2) is 11.6 Å². The van der Waals surface area contributed by atoms with E-state index in [1.165, 1.54) is 24.3 Å². The van der Waals surface area contributed by atoms with E-state index >= 15 is 0 Å². The Morgan fingerprint density at radius 1 is 0.536 bits per heavy atom. The number of benzene rings is 3. The van der Waals surface area contributed by atoms with Crippen molar-refractivity contribution < 1.29 is 19.1 Å². The van der Waals surface area contributed by atoms with Gasteiger partial charge < -0.3 is 9.47 Å². The highest BCUT2D eigenvalue weighted by Gasteiger charge is 2.13. The molecule has 0 fully saturated rings. The zero-order valence-corrected chi connectivity index (χ0v) is 14.5. The second-order valence-electron chi connectivity index (χ2n) is 5.67. The topological polar surface area (TPSA) is 100 Å². The van der Waals surface area contributed by atoms with Crippen molar-refractivity contribution in [2.24, 2.45) is 0 Å². The van der Waals surface area contributed by atoms with E-state index in [1.54, 1.807) is 61.0 Å². The summed E-state index contributed by atoms with van der Waals surface area (Å²) in [5.41, 5.74) is 1.75. The Morgan fingerprint density at radius 3 is 1.04 bits per heavy atom. The minimum atomic E-state index is -0.208. The van der Waals surface area contributed by atoms with Crippen LogP contribution in [0.4, 0.5) is 0 Å². The van der Waals surface area contributed by atoms with E-state index < -0.39 is 0 Å². The van der Waals surface area contributed by atoms with Crippen molar-refractivity contribution in [1.82, 2.24) is 0 Å². The van der Waals surface area contributed by atoms with Crippen molar-refractivity contribution >= 4 is 11.6 Å². The first kappa shape index (κ1) is 18.4. The highest BCUT2D eigenvalue weighted by Crippen LogP contribution is 2.18. The first-order chi connectivity index (χ1) is 13.6. The molecule has 6 nitrogen and oxygen atoms in total. The zero-order chi connectivity index (χ0) is 19.9. The molecule has 6 heteroatoms. The van der Waals surface area contributed by atoms with Gasteiger partial charge >= 0.3 is 0 Å². The van der Waals surface area contributed by atoms with Crippen LogP contribution in [0.3, 0.4) is 0 Å². The summed E-state index contributed by atoms with van der Waals surface area (Å²) in [6.07, 6.45) is 3.13. The molecule has 0 atom stereocenters. The lowest BCUT2D eigenvalue weighted by Crippen LogP contribution is -2.04. The molecule has 28 heavy (non-hydrogen) atoms. The van der Waals surface area contributed by atoms with Crippen molar-refractivity contribution in [3.05, 3.63) is 95.1 Å². The number of hydrogen-bond donors (Lipinski definition) is 0. The van der Waals surface area contributed by atoms with Crippen LogP contribution < -0.4 is 9.47 Å². The first-order valence-corrected chi connectivity index (χ1v) is 8.14. The second-order valence-corrected chi connectivity index (χ2v) is 5.67. The largest absolute Gasteiger partial charge is 0.388 e. The molecule has 0 aromatic heterocycles. The maximum Gasteiger partial charge on any atom is 0.292 e. The van der Waals surface area contributed by atoms with Gasteiger partial charge in [0.05, 0.1) is 0 Å². The van der Waals surface area contributed by atoms with Gasteiger partial charge in [-0.1, -0.05) is 24.3 Å². The molecule has 0 heterocycles. The van der Waals surface area contributed by atoms with Gasteiger partial charge in [0, 0.05) is 22.3 Å². The summed E-state index contributed by atoms with van der Waals surface area (Å²) >= 11 is 0. The monoisotopic (exact) mass is 368 g/mol. The van der Waals surface area contributed by atoms with Crippen LogP contribution in [0, 0.1) is 23.0 Å². The van der Waals surface area contributed by atoms with Crippen molar-refractivity contribution in [2.45, 2.75) is 0 Å². The Balaban J connectivity index is 1.75. The minimum Gasteiger partial charge on any atom is -0.388 e. The van der Waals surface area contributed by atoms with Crippen LogP contribution in [0.15, 0.2) is 72.8 Å². The maximum atomic E-state index is 12.5. The number of ether oxygens (including phenoxy) is 2. The maximum absolute atomic E-state index is 12.5. The van der Waals surface area contributed by atoms with Crippen molar-refractivity contribution in [3.63, 3.8) is 0 Å². The molecule has 0 aliphatic rings. The number of rotatable bonds is 6. The number of nitrogens with zero attached hydrogens (tertiary/aromatic N) is 2. The third-order valence-electron chi connectivity index (χ3n) is 3.97. The Hall–Kier alpha value is -4.42. The summed E-state index contributed by atoms with van der Waals surface area (Å²) in [5.74, 6) is 0.290. The third kappa shape index (κ3) is 4.04. The van der Waals surface area contributed by atoms with E-state index in [-0.39, 0.29) is 11.6 Å². The highest BCUT2D eigenvalue weighted by molar-refractivity contribution is 6.11. The smallest absolute Gasteiger partial charge is 0.292 e. The average molecular weight is 368 g/mol. The summed E-state index contributed by atoms with van der Waals surface area (Å²) < 4.78 is 9.37. The van der Waals surface area contributed by atoms with E-state index in [1.807, 2.05) is 0 Å². The average Bonchev–Trinajstić information content (AvgIpc) is 2.74. The fraction of sp³-hybridized carbons (Fsp3) is 0. The molecular formula is C22H12N2O4. The molecule has 0 saturated carbocycles. The van der Waals surface area contributed by atoms with Crippen molar-refractivity contribution in [1.29, 1.82) is 10.5 Å². The van der Waals surface area contributed by atoms with Crippen LogP contribution in [-0.2, 0) is 0 Å². The number of ketones is 2. The van der Waals surface area contributed by atoms with Gasteiger partial charge in [-0.3, -0.25) is 9.59 Å². The van der Waals surface area contributed by atoms with Crippen molar-refractivity contribution in [3.8, 4) is 24.0 Å². The Bertz CT molecular complexity index is 997.